The first-order valence-electron chi connectivity index (χ1n) is 8.85. The number of nitrogens with zero attached hydrogens (tertiary/aromatic N) is 2. The maximum atomic E-state index is 12.9. The lowest BCUT2D eigenvalue weighted by molar-refractivity contribution is -0.117. The van der Waals surface area contributed by atoms with Crippen LogP contribution in [0.4, 0.5) is 14.5 Å². The van der Waals surface area contributed by atoms with Gasteiger partial charge in [0.25, 0.3) is 0 Å². The molecule has 2 heterocycles. The number of para-hydroxylation sites is 1. The highest BCUT2D eigenvalue weighted by atomic mass is 35.5. The second-order valence-corrected chi connectivity index (χ2v) is 10.3. The van der Waals surface area contributed by atoms with Crippen molar-refractivity contribution in [3.05, 3.63) is 45.6 Å². The molecule has 1 fully saturated rings. The molecule has 6 nitrogen and oxygen atoms in total. The van der Waals surface area contributed by atoms with E-state index < -0.39 is 26.4 Å². The number of thiophene rings is 1. The summed E-state index contributed by atoms with van der Waals surface area (Å²) >= 11 is 7.49. The summed E-state index contributed by atoms with van der Waals surface area (Å²) in [6.07, 6.45) is 0. The first kappa shape index (κ1) is 22.1. The second kappa shape index (κ2) is 9.48. The lowest BCUT2D eigenvalue weighted by atomic mass is 10.3. The molecule has 1 aliphatic heterocycles. The molecule has 0 spiro atoms. The third-order valence-electron chi connectivity index (χ3n) is 4.54. The molecule has 29 heavy (non-hydrogen) atoms. The number of amides is 1. The van der Waals surface area contributed by atoms with Crippen molar-refractivity contribution in [1.82, 2.24) is 9.80 Å². The minimum Gasteiger partial charge on any atom is -0.324 e. The van der Waals surface area contributed by atoms with E-state index in [1.54, 1.807) is 11.3 Å². The van der Waals surface area contributed by atoms with Crippen LogP contribution >= 0.6 is 22.9 Å². The number of hydrogen-bond donors (Lipinski definition) is 1. The fourth-order valence-electron chi connectivity index (χ4n) is 3.07. The molecule has 11 heteroatoms. The van der Waals surface area contributed by atoms with Crippen LogP contribution in [-0.2, 0) is 21.2 Å². The van der Waals surface area contributed by atoms with Gasteiger partial charge in [-0.25, -0.2) is 8.42 Å². The Morgan fingerprint density at radius 1 is 1.10 bits per heavy atom. The number of benzene rings is 1. The summed E-state index contributed by atoms with van der Waals surface area (Å²) in [5.41, 5.74) is -0.133. The van der Waals surface area contributed by atoms with Crippen molar-refractivity contribution in [2.24, 2.45) is 0 Å². The molecule has 3 rings (SSSR count). The zero-order chi connectivity index (χ0) is 21.0. The van der Waals surface area contributed by atoms with Crippen molar-refractivity contribution in [1.29, 1.82) is 0 Å². The number of halogens is 3. The molecule has 0 unspecified atom stereocenters. The minimum atomic E-state index is -4.80. The molecule has 1 N–H and O–H groups in total. The van der Waals surface area contributed by atoms with Crippen LogP contribution in [0.15, 0.2) is 41.3 Å². The smallest absolute Gasteiger partial charge is 0.324 e. The highest BCUT2D eigenvalue weighted by Crippen LogP contribution is 2.26. The molecule has 0 atom stereocenters. The molecule has 2 aromatic rings. The van der Waals surface area contributed by atoms with Gasteiger partial charge in [-0.2, -0.15) is 8.78 Å². The van der Waals surface area contributed by atoms with Gasteiger partial charge in [-0.3, -0.25) is 14.6 Å². The van der Waals surface area contributed by atoms with Crippen molar-refractivity contribution >= 4 is 44.4 Å². The number of carbonyl (C=O) groups excluding carboxylic acids is 1. The Balaban J connectivity index is 1.53. The lowest BCUT2D eigenvalue weighted by Gasteiger charge is -2.34. The van der Waals surface area contributed by atoms with E-state index in [-0.39, 0.29) is 12.2 Å². The molecule has 158 valence electrons. The van der Waals surface area contributed by atoms with Gasteiger partial charge in [-0.15, -0.1) is 11.3 Å². The first-order chi connectivity index (χ1) is 13.8. The van der Waals surface area contributed by atoms with Crippen LogP contribution in [-0.4, -0.2) is 62.6 Å². The molecule has 0 radical (unpaired) electrons. The van der Waals surface area contributed by atoms with E-state index in [1.165, 1.54) is 23.1 Å². The molecule has 1 aromatic heterocycles. The van der Waals surface area contributed by atoms with Gasteiger partial charge >= 0.3 is 5.76 Å². The summed E-state index contributed by atoms with van der Waals surface area (Å²) in [6.45, 7) is 3.75. The van der Waals surface area contributed by atoms with E-state index in [2.05, 4.69) is 10.2 Å². The van der Waals surface area contributed by atoms with Gasteiger partial charge in [-0.1, -0.05) is 23.7 Å². The third kappa shape index (κ3) is 5.73. The van der Waals surface area contributed by atoms with Gasteiger partial charge < -0.3 is 5.32 Å². The Morgan fingerprint density at radius 3 is 2.38 bits per heavy atom. The average molecular weight is 464 g/mol. The fourth-order valence-corrected chi connectivity index (χ4v) is 5.09. The van der Waals surface area contributed by atoms with Crippen LogP contribution in [0.2, 0.25) is 4.34 Å². The summed E-state index contributed by atoms with van der Waals surface area (Å²) in [5.74, 6) is -3.99. The Kier molecular flexibility index (Phi) is 7.23. The number of hydrogen-bond acceptors (Lipinski definition) is 6. The summed E-state index contributed by atoms with van der Waals surface area (Å²) in [4.78, 5) is 17.1. The standard InChI is InChI=1S/C18H20ClF2N3O3S2/c19-16-6-5-13(28-16)11-23-7-9-24(10-8-23)12-17(25)22-14-3-1-2-4-15(14)29(26,27)18(20)21/h1-6,18H,7-12H2,(H,22,25). The quantitative estimate of drug-likeness (QED) is 0.683. The number of nitrogens with one attached hydrogen (secondary N) is 1. The van der Waals surface area contributed by atoms with Gasteiger partial charge in [0.2, 0.25) is 15.7 Å². The monoisotopic (exact) mass is 463 g/mol. The Labute approximate surface area is 177 Å². The van der Waals surface area contributed by atoms with Gasteiger partial charge in [0.05, 0.1) is 21.5 Å². The number of carbonyl (C=O) groups is 1. The predicted molar refractivity (Wildman–Crippen MR) is 109 cm³/mol. The molecule has 1 aromatic carbocycles. The van der Waals surface area contributed by atoms with Crippen LogP contribution in [0.25, 0.3) is 0 Å². The van der Waals surface area contributed by atoms with Crippen molar-refractivity contribution in [3.63, 3.8) is 0 Å². The van der Waals surface area contributed by atoms with Crippen LogP contribution < -0.4 is 5.32 Å². The Hall–Kier alpha value is -1.59. The number of sulfone groups is 1. The number of piperazine rings is 1. The molecule has 0 aliphatic carbocycles. The van der Waals surface area contributed by atoms with Gasteiger partial charge in [0, 0.05) is 37.6 Å². The van der Waals surface area contributed by atoms with Crippen molar-refractivity contribution in [2.45, 2.75) is 17.2 Å². The average Bonchev–Trinajstić information content (AvgIpc) is 3.08. The Bertz CT molecular complexity index is 961. The number of rotatable bonds is 7. The highest BCUT2D eigenvalue weighted by Gasteiger charge is 2.29. The van der Waals surface area contributed by atoms with E-state index in [0.717, 1.165) is 30.0 Å². The summed E-state index contributed by atoms with van der Waals surface area (Å²) in [7, 11) is -4.80. The second-order valence-electron chi connectivity index (χ2n) is 6.61. The van der Waals surface area contributed by atoms with E-state index in [0.29, 0.717) is 13.1 Å². The van der Waals surface area contributed by atoms with Gasteiger partial charge in [0.1, 0.15) is 0 Å². The van der Waals surface area contributed by atoms with E-state index in [4.69, 9.17) is 11.6 Å². The SMILES string of the molecule is O=C(CN1CCN(Cc2ccc(Cl)s2)CC1)Nc1ccccc1S(=O)(=O)C(F)F. The maximum Gasteiger partial charge on any atom is 0.341 e. The topological polar surface area (TPSA) is 69.7 Å². The highest BCUT2D eigenvalue weighted by molar-refractivity contribution is 7.91. The summed E-state index contributed by atoms with van der Waals surface area (Å²) in [6, 6.07) is 9.05. The maximum absolute atomic E-state index is 12.9. The lowest BCUT2D eigenvalue weighted by Crippen LogP contribution is -2.48. The molecule has 1 amide bonds. The molecular weight excluding hydrogens is 444 g/mol. The van der Waals surface area contributed by atoms with Crippen molar-refractivity contribution in [3.8, 4) is 0 Å². The summed E-state index contributed by atoms with van der Waals surface area (Å²) < 4.78 is 50.1. The summed E-state index contributed by atoms with van der Waals surface area (Å²) in [5, 5.41) is 2.45. The number of alkyl halides is 2. The molecule has 0 bridgehead atoms. The van der Waals surface area contributed by atoms with E-state index >= 15 is 0 Å². The van der Waals surface area contributed by atoms with Gasteiger partial charge in [-0.05, 0) is 24.3 Å². The fraction of sp³-hybridized carbons (Fsp3) is 0.389. The molecular formula is C18H20ClF2N3O3S2. The van der Waals surface area contributed by atoms with Crippen LogP contribution in [0, 0.1) is 0 Å². The van der Waals surface area contributed by atoms with Crippen LogP contribution in [0.1, 0.15) is 4.88 Å². The van der Waals surface area contributed by atoms with Crippen LogP contribution in [0.3, 0.4) is 0 Å². The van der Waals surface area contributed by atoms with E-state index in [1.807, 2.05) is 17.0 Å². The molecule has 0 saturated carbocycles. The number of anilines is 1. The largest absolute Gasteiger partial charge is 0.341 e. The van der Waals surface area contributed by atoms with Crippen LogP contribution in [0.5, 0.6) is 0 Å². The zero-order valence-corrected chi connectivity index (χ0v) is 17.7. The minimum absolute atomic E-state index is 0.0573. The van der Waals surface area contributed by atoms with E-state index in [9.17, 15) is 22.0 Å². The first-order valence-corrected chi connectivity index (χ1v) is 11.6. The van der Waals surface area contributed by atoms with Crippen molar-refractivity contribution < 1.29 is 22.0 Å². The molecule has 1 saturated heterocycles. The Morgan fingerprint density at radius 2 is 1.76 bits per heavy atom. The molecule has 1 aliphatic rings. The normalized spacial score (nSPS) is 16.3. The van der Waals surface area contributed by atoms with Gasteiger partial charge in [0.15, 0.2) is 0 Å². The predicted octanol–water partition coefficient (Wildman–Crippen LogP) is 3.15. The zero-order valence-electron chi connectivity index (χ0n) is 15.4. The van der Waals surface area contributed by atoms with Crippen molar-refractivity contribution in [2.75, 3.05) is 38.0 Å². The third-order valence-corrected chi connectivity index (χ3v) is 7.20.